The van der Waals surface area contributed by atoms with E-state index in [1.165, 1.54) is 0 Å². The van der Waals surface area contributed by atoms with E-state index in [1.54, 1.807) is 27.9 Å². The molecule has 1 saturated carbocycles. The molecular formula is C19H27NO4. The molecule has 1 aliphatic rings. The Labute approximate surface area is 143 Å². The molecule has 132 valence electrons. The summed E-state index contributed by atoms with van der Waals surface area (Å²) >= 11 is 0. The second-order valence-electron chi connectivity index (χ2n) is 7.54. The third-order valence-electron chi connectivity index (χ3n) is 4.27. The topological polar surface area (TPSA) is 64.6 Å². The Morgan fingerprint density at radius 3 is 2.67 bits per heavy atom. The molecule has 0 spiro atoms. The van der Waals surface area contributed by atoms with Crippen LogP contribution in [0.5, 0.6) is 5.75 Å². The van der Waals surface area contributed by atoms with E-state index in [-0.39, 0.29) is 5.78 Å². The number of nitrogens with one attached hydrogen (secondary N) is 1. The van der Waals surface area contributed by atoms with Crippen molar-refractivity contribution in [1.29, 1.82) is 0 Å². The maximum Gasteiger partial charge on any atom is 0.408 e. The Morgan fingerprint density at radius 1 is 1.33 bits per heavy atom. The number of Topliss-reactive ketones (excluding diaryl/α,β-unsaturated/α-hetero) is 1. The molecule has 1 aromatic rings. The maximum absolute atomic E-state index is 12.9. The molecule has 24 heavy (non-hydrogen) atoms. The summed E-state index contributed by atoms with van der Waals surface area (Å²) in [6, 6.07) is 7.32. The molecule has 2 rings (SSSR count). The van der Waals surface area contributed by atoms with Gasteiger partial charge < -0.3 is 14.8 Å². The van der Waals surface area contributed by atoms with Crippen LogP contribution >= 0.6 is 0 Å². The first-order valence-electron chi connectivity index (χ1n) is 8.35. The van der Waals surface area contributed by atoms with Gasteiger partial charge in [0.1, 0.15) is 16.9 Å². The highest BCUT2D eigenvalue weighted by Gasteiger charge is 2.45. The fourth-order valence-corrected chi connectivity index (χ4v) is 3.17. The van der Waals surface area contributed by atoms with Crippen molar-refractivity contribution < 1.29 is 19.1 Å². The summed E-state index contributed by atoms with van der Waals surface area (Å²) < 4.78 is 10.7. The molecule has 0 radical (unpaired) electrons. The van der Waals surface area contributed by atoms with Gasteiger partial charge in [-0.1, -0.05) is 19.1 Å². The van der Waals surface area contributed by atoms with Gasteiger partial charge >= 0.3 is 6.09 Å². The van der Waals surface area contributed by atoms with Gasteiger partial charge in [0, 0.05) is 6.42 Å². The minimum absolute atomic E-state index is 0.0136. The number of hydrogen-bond acceptors (Lipinski definition) is 4. The number of methoxy groups -OCH3 is 1. The number of amides is 1. The van der Waals surface area contributed by atoms with Gasteiger partial charge in [-0.25, -0.2) is 4.79 Å². The van der Waals surface area contributed by atoms with Gasteiger partial charge in [-0.05, 0) is 57.2 Å². The van der Waals surface area contributed by atoms with Crippen LogP contribution in [0.2, 0.25) is 0 Å². The number of hydrogen-bond donors (Lipinski definition) is 1. The van der Waals surface area contributed by atoms with E-state index in [9.17, 15) is 9.59 Å². The minimum atomic E-state index is -1.06. The third-order valence-corrected chi connectivity index (χ3v) is 4.27. The van der Waals surface area contributed by atoms with Crippen molar-refractivity contribution >= 4 is 11.9 Å². The molecular weight excluding hydrogens is 306 g/mol. The Morgan fingerprint density at radius 2 is 2.04 bits per heavy atom. The van der Waals surface area contributed by atoms with E-state index in [2.05, 4.69) is 12.2 Å². The molecule has 0 aromatic heterocycles. The van der Waals surface area contributed by atoms with Crippen LogP contribution < -0.4 is 10.1 Å². The van der Waals surface area contributed by atoms with Crippen LogP contribution in [0.25, 0.3) is 0 Å². The molecule has 5 nitrogen and oxygen atoms in total. The van der Waals surface area contributed by atoms with E-state index in [4.69, 9.17) is 9.47 Å². The minimum Gasteiger partial charge on any atom is -0.497 e. The van der Waals surface area contributed by atoms with E-state index in [1.807, 2.05) is 24.3 Å². The summed E-state index contributed by atoms with van der Waals surface area (Å²) in [6.07, 6.45) is 1.25. The molecule has 0 aliphatic heterocycles. The number of rotatable bonds is 3. The number of benzene rings is 1. The fraction of sp³-hybridized carbons (Fsp3) is 0.579. The molecule has 0 bridgehead atoms. The standard InChI is InChI=1S/C19H27NO4/c1-13-9-10-16(21)19(12-13,20-17(22)24-18(2,3)4)14-7-6-8-15(11-14)23-5/h6-8,11,13H,9-10,12H2,1-5H3,(H,20,22). The van der Waals surface area contributed by atoms with Crippen LogP contribution in [-0.2, 0) is 15.1 Å². The Balaban J connectivity index is 2.41. The van der Waals surface area contributed by atoms with Gasteiger partial charge in [0.15, 0.2) is 5.78 Å². The second kappa shape index (κ2) is 6.83. The quantitative estimate of drug-likeness (QED) is 0.913. The van der Waals surface area contributed by atoms with Gasteiger partial charge in [-0.15, -0.1) is 0 Å². The molecule has 1 amide bonds. The van der Waals surface area contributed by atoms with Gasteiger partial charge in [0.05, 0.1) is 7.11 Å². The lowest BCUT2D eigenvalue weighted by molar-refractivity contribution is -0.129. The average Bonchev–Trinajstić information content (AvgIpc) is 2.49. The van der Waals surface area contributed by atoms with Crippen LogP contribution in [-0.4, -0.2) is 24.6 Å². The molecule has 1 aromatic carbocycles. The fourth-order valence-electron chi connectivity index (χ4n) is 3.17. The molecule has 0 heterocycles. The van der Waals surface area contributed by atoms with Gasteiger partial charge in [-0.2, -0.15) is 0 Å². The first-order valence-corrected chi connectivity index (χ1v) is 8.35. The zero-order valence-corrected chi connectivity index (χ0v) is 15.1. The SMILES string of the molecule is COc1cccc(C2(NC(=O)OC(C)(C)C)CC(C)CCC2=O)c1. The first kappa shape index (κ1) is 18.3. The van der Waals surface area contributed by atoms with Gasteiger partial charge in [0.2, 0.25) is 0 Å². The van der Waals surface area contributed by atoms with Crippen molar-refractivity contribution in [2.45, 2.75) is 58.1 Å². The molecule has 2 atom stereocenters. The maximum atomic E-state index is 12.9. The highest BCUT2D eigenvalue weighted by Crippen LogP contribution is 2.38. The molecule has 1 aliphatic carbocycles. The number of carbonyl (C=O) groups excluding carboxylic acids is 2. The van der Waals surface area contributed by atoms with Gasteiger partial charge in [-0.3, -0.25) is 4.79 Å². The normalized spacial score (nSPS) is 24.4. The monoisotopic (exact) mass is 333 g/mol. The number of ether oxygens (including phenoxy) is 2. The van der Waals surface area contributed by atoms with Gasteiger partial charge in [0.25, 0.3) is 0 Å². The largest absolute Gasteiger partial charge is 0.497 e. The highest BCUT2D eigenvalue weighted by atomic mass is 16.6. The predicted octanol–water partition coefficient (Wildman–Crippen LogP) is 3.80. The van der Waals surface area contributed by atoms with E-state index in [0.29, 0.717) is 24.5 Å². The smallest absolute Gasteiger partial charge is 0.408 e. The number of ketones is 1. The zero-order chi connectivity index (χ0) is 18.0. The van der Waals surface area contributed by atoms with Crippen LogP contribution in [0, 0.1) is 5.92 Å². The zero-order valence-electron chi connectivity index (χ0n) is 15.1. The van der Waals surface area contributed by atoms with Crippen molar-refractivity contribution in [3.63, 3.8) is 0 Å². The molecule has 0 saturated heterocycles. The van der Waals surface area contributed by atoms with Crippen molar-refractivity contribution in [2.75, 3.05) is 7.11 Å². The molecule has 2 unspecified atom stereocenters. The van der Waals surface area contributed by atoms with Crippen molar-refractivity contribution in [2.24, 2.45) is 5.92 Å². The van der Waals surface area contributed by atoms with Crippen molar-refractivity contribution in [1.82, 2.24) is 5.32 Å². The summed E-state index contributed by atoms with van der Waals surface area (Å²) in [5, 5.41) is 2.87. The van der Waals surface area contributed by atoms with Crippen LogP contribution in [0.4, 0.5) is 4.79 Å². The Kier molecular flexibility index (Phi) is 5.21. The van der Waals surface area contributed by atoms with Crippen molar-refractivity contribution in [3.8, 4) is 5.75 Å². The van der Waals surface area contributed by atoms with Crippen LogP contribution in [0.15, 0.2) is 24.3 Å². The summed E-state index contributed by atoms with van der Waals surface area (Å²) in [7, 11) is 1.58. The Hall–Kier alpha value is -2.04. The lowest BCUT2D eigenvalue weighted by Crippen LogP contribution is -2.55. The number of alkyl carbamates (subject to hydrolysis) is 1. The Bertz CT molecular complexity index is 620. The molecule has 1 N–H and O–H groups in total. The summed E-state index contributed by atoms with van der Waals surface area (Å²) in [4.78, 5) is 25.2. The lowest BCUT2D eigenvalue weighted by Gasteiger charge is -2.40. The van der Waals surface area contributed by atoms with E-state index >= 15 is 0 Å². The lowest BCUT2D eigenvalue weighted by atomic mass is 9.71. The molecule has 1 fully saturated rings. The summed E-state index contributed by atoms with van der Waals surface area (Å²) in [5.74, 6) is 0.993. The van der Waals surface area contributed by atoms with Crippen LogP contribution in [0.1, 0.15) is 52.5 Å². The van der Waals surface area contributed by atoms with E-state index in [0.717, 1.165) is 12.0 Å². The predicted molar refractivity (Wildman–Crippen MR) is 92.1 cm³/mol. The first-order chi connectivity index (χ1) is 11.2. The highest BCUT2D eigenvalue weighted by molar-refractivity contribution is 5.93. The molecule has 5 heteroatoms. The summed E-state index contributed by atoms with van der Waals surface area (Å²) in [6.45, 7) is 7.50. The second-order valence-corrected chi connectivity index (χ2v) is 7.54. The number of carbonyl (C=O) groups is 2. The van der Waals surface area contributed by atoms with Crippen LogP contribution in [0.3, 0.4) is 0 Å². The average molecular weight is 333 g/mol. The third kappa shape index (κ3) is 4.08. The van der Waals surface area contributed by atoms with Crippen molar-refractivity contribution in [3.05, 3.63) is 29.8 Å². The van der Waals surface area contributed by atoms with E-state index < -0.39 is 17.2 Å². The summed E-state index contributed by atoms with van der Waals surface area (Å²) in [5.41, 5.74) is -0.943.